The number of halogens is 3. The number of hydrogen-bond acceptors (Lipinski definition) is 1. The van der Waals surface area contributed by atoms with E-state index in [2.05, 4.69) is 0 Å². The van der Waals surface area contributed by atoms with E-state index in [0.29, 0.717) is 18.3 Å². The molecule has 0 spiro atoms. The number of aldehydes is 1. The summed E-state index contributed by atoms with van der Waals surface area (Å²) in [6.45, 7) is 1.44. The first-order valence-corrected chi connectivity index (χ1v) is 4.57. The van der Waals surface area contributed by atoms with Gasteiger partial charge in [-0.25, -0.2) is 13.2 Å². The molecule has 0 aliphatic carbocycles. The van der Waals surface area contributed by atoms with Crippen LogP contribution in [0.5, 0.6) is 0 Å². The second-order valence-corrected chi connectivity index (χ2v) is 3.31. The van der Waals surface area contributed by atoms with Crippen LogP contribution in [0.3, 0.4) is 0 Å². The lowest BCUT2D eigenvalue weighted by molar-refractivity contribution is -0.107. The van der Waals surface area contributed by atoms with Gasteiger partial charge < -0.3 is 4.79 Å². The van der Waals surface area contributed by atoms with Crippen LogP contribution in [0.2, 0.25) is 0 Å². The van der Waals surface area contributed by atoms with Gasteiger partial charge in [0.2, 0.25) is 0 Å². The van der Waals surface area contributed by atoms with Gasteiger partial charge in [0.15, 0.2) is 0 Å². The third-order valence-electron chi connectivity index (χ3n) is 2.17. The molecule has 1 aromatic carbocycles. The number of benzene rings is 1. The van der Waals surface area contributed by atoms with Gasteiger partial charge in [-0.3, -0.25) is 0 Å². The fraction of sp³-hybridized carbons (Fsp3) is 0.364. The van der Waals surface area contributed by atoms with Gasteiger partial charge >= 0.3 is 0 Å². The minimum Gasteiger partial charge on any atom is -0.303 e. The molecular formula is C11H11F3O. The van der Waals surface area contributed by atoms with Crippen molar-refractivity contribution in [2.45, 2.75) is 26.2 Å². The van der Waals surface area contributed by atoms with Crippen LogP contribution in [0.15, 0.2) is 12.1 Å². The average Bonchev–Trinajstić information content (AvgIpc) is 2.12. The maximum atomic E-state index is 13.2. The Hall–Kier alpha value is -1.32. The van der Waals surface area contributed by atoms with Crippen molar-refractivity contribution in [2.24, 2.45) is 0 Å². The number of carbonyl (C=O) groups is 1. The summed E-state index contributed by atoms with van der Waals surface area (Å²) < 4.78 is 38.0. The van der Waals surface area contributed by atoms with Gasteiger partial charge in [0, 0.05) is 6.42 Å². The van der Waals surface area contributed by atoms with Crippen molar-refractivity contribution >= 4 is 6.29 Å². The SMILES string of the molecule is Cc1cc(CCC=O)cc(F)c1C(F)F. The summed E-state index contributed by atoms with van der Waals surface area (Å²) in [7, 11) is 0. The van der Waals surface area contributed by atoms with Crippen LogP contribution in [0.4, 0.5) is 13.2 Å². The fourth-order valence-corrected chi connectivity index (χ4v) is 1.47. The second kappa shape index (κ2) is 4.96. The van der Waals surface area contributed by atoms with Crippen LogP contribution < -0.4 is 0 Å². The molecule has 0 N–H and O–H groups in total. The molecule has 0 fully saturated rings. The Kier molecular flexibility index (Phi) is 3.88. The third-order valence-corrected chi connectivity index (χ3v) is 2.17. The number of hydrogen-bond donors (Lipinski definition) is 0. The molecule has 1 rings (SSSR count). The van der Waals surface area contributed by atoms with E-state index in [1.165, 1.54) is 13.0 Å². The van der Waals surface area contributed by atoms with E-state index in [1.54, 1.807) is 0 Å². The Balaban J connectivity index is 3.02. The highest BCUT2D eigenvalue weighted by molar-refractivity contribution is 5.50. The molecule has 0 atom stereocenters. The number of alkyl halides is 2. The minimum absolute atomic E-state index is 0.228. The molecule has 1 nitrogen and oxygen atoms in total. The van der Waals surface area contributed by atoms with Crippen molar-refractivity contribution in [2.75, 3.05) is 0 Å². The van der Waals surface area contributed by atoms with Gasteiger partial charge in [-0.05, 0) is 30.5 Å². The molecule has 0 aliphatic rings. The molecule has 0 saturated carbocycles. The standard InChI is InChI=1S/C11H11F3O/c1-7-5-8(3-2-4-15)6-9(12)10(7)11(13)14/h4-6,11H,2-3H2,1H3. The predicted octanol–water partition coefficient (Wildman–Crippen LogP) is 3.20. The van der Waals surface area contributed by atoms with Gasteiger partial charge in [-0.15, -0.1) is 0 Å². The smallest absolute Gasteiger partial charge is 0.266 e. The number of carbonyl (C=O) groups excluding carboxylic acids is 1. The van der Waals surface area contributed by atoms with Crippen LogP contribution >= 0.6 is 0 Å². The maximum absolute atomic E-state index is 13.2. The summed E-state index contributed by atoms with van der Waals surface area (Å²) in [5.74, 6) is -0.897. The first kappa shape index (κ1) is 11.8. The first-order valence-electron chi connectivity index (χ1n) is 4.57. The lowest BCUT2D eigenvalue weighted by atomic mass is 10.0. The lowest BCUT2D eigenvalue weighted by Crippen LogP contribution is -1.98. The summed E-state index contributed by atoms with van der Waals surface area (Å²) in [4.78, 5) is 10.1. The Bertz CT molecular complexity index is 338. The zero-order valence-electron chi connectivity index (χ0n) is 8.27. The molecule has 0 aliphatic heterocycles. The normalized spacial score (nSPS) is 10.7. The largest absolute Gasteiger partial charge is 0.303 e. The minimum atomic E-state index is -2.80. The van der Waals surface area contributed by atoms with Crippen molar-refractivity contribution in [3.63, 3.8) is 0 Å². The Labute approximate surface area is 85.9 Å². The van der Waals surface area contributed by atoms with Crippen LogP contribution in [0.1, 0.15) is 29.5 Å². The highest BCUT2D eigenvalue weighted by Gasteiger charge is 2.16. The molecular weight excluding hydrogens is 205 g/mol. The number of aryl methyl sites for hydroxylation is 2. The monoisotopic (exact) mass is 216 g/mol. The lowest BCUT2D eigenvalue weighted by Gasteiger charge is -2.08. The molecule has 0 radical (unpaired) electrons. The maximum Gasteiger partial charge on any atom is 0.266 e. The Morgan fingerprint density at radius 1 is 1.40 bits per heavy atom. The van der Waals surface area contributed by atoms with E-state index in [9.17, 15) is 18.0 Å². The van der Waals surface area contributed by atoms with Gasteiger partial charge in [0.05, 0.1) is 5.56 Å². The highest BCUT2D eigenvalue weighted by Crippen LogP contribution is 2.26. The van der Waals surface area contributed by atoms with Gasteiger partial charge in [0.1, 0.15) is 12.1 Å². The van der Waals surface area contributed by atoms with Gasteiger partial charge in [0.25, 0.3) is 6.43 Å². The van der Waals surface area contributed by atoms with E-state index in [4.69, 9.17) is 0 Å². The van der Waals surface area contributed by atoms with Gasteiger partial charge in [-0.1, -0.05) is 6.07 Å². The molecule has 82 valence electrons. The molecule has 0 unspecified atom stereocenters. The topological polar surface area (TPSA) is 17.1 Å². The fourth-order valence-electron chi connectivity index (χ4n) is 1.47. The summed E-state index contributed by atoms with van der Waals surface area (Å²) in [5.41, 5.74) is 0.247. The summed E-state index contributed by atoms with van der Waals surface area (Å²) in [5, 5.41) is 0. The van der Waals surface area contributed by atoms with Crippen molar-refractivity contribution in [1.29, 1.82) is 0 Å². The molecule has 15 heavy (non-hydrogen) atoms. The van der Waals surface area contributed by atoms with E-state index >= 15 is 0 Å². The van der Waals surface area contributed by atoms with E-state index in [0.717, 1.165) is 6.07 Å². The first-order chi connectivity index (χ1) is 7.06. The second-order valence-electron chi connectivity index (χ2n) is 3.31. The van der Waals surface area contributed by atoms with Gasteiger partial charge in [-0.2, -0.15) is 0 Å². The van der Waals surface area contributed by atoms with Crippen LogP contribution in [-0.2, 0) is 11.2 Å². The van der Waals surface area contributed by atoms with Crippen molar-refractivity contribution < 1.29 is 18.0 Å². The summed E-state index contributed by atoms with van der Waals surface area (Å²) >= 11 is 0. The molecule has 0 aromatic heterocycles. The Morgan fingerprint density at radius 2 is 2.07 bits per heavy atom. The zero-order chi connectivity index (χ0) is 11.4. The van der Waals surface area contributed by atoms with E-state index in [1.807, 2.05) is 0 Å². The van der Waals surface area contributed by atoms with E-state index < -0.39 is 17.8 Å². The van der Waals surface area contributed by atoms with E-state index in [-0.39, 0.29) is 12.0 Å². The van der Waals surface area contributed by atoms with Crippen molar-refractivity contribution in [1.82, 2.24) is 0 Å². The van der Waals surface area contributed by atoms with Crippen LogP contribution in [0.25, 0.3) is 0 Å². The van der Waals surface area contributed by atoms with Crippen LogP contribution in [-0.4, -0.2) is 6.29 Å². The molecule has 0 bridgehead atoms. The predicted molar refractivity (Wildman–Crippen MR) is 50.5 cm³/mol. The molecule has 1 aromatic rings. The Morgan fingerprint density at radius 3 is 2.53 bits per heavy atom. The molecule has 0 amide bonds. The average molecular weight is 216 g/mol. The molecule has 0 heterocycles. The quantitative estimate of drug-likeness (QED) is 0.706. The zero-order valence-corrected chi connectivity index (χ0v) is 8.27. The highest BCUT2D eigenvalue weighted by atomic mass is 19.3. The molecule has 0 saturated heterocycles. The summed E-state index contributed by atoms with van der Waals surface area (Å²) in [6, 6.07) is 2.56. The number of rotatable bonds is 4. The molecule has 4 heteroatoms. The summed E-state index contributed by atoms with van der Waals surface area (Å²) in [6.07, 6.45) is -1.43. The van der Waals surface area contributed by atoms with Crippen molar-refractivity contribution in [3.8, 4) is 0 Å². The van der Waals surface area contributed by atoms with Crippen molar-refractivity contribution in [3.05, 3.63) is 34.6 Å². The third kappa shape index (κ3) is 2.81. The van der Waals surface area contributed by atoms with Crippen LogP contribution in [0, 0.1) is 12.7 Å².